The summed E-state index contributed by atoms with van der Waals surface area (Å²) >= 11 is 7.20. The summed E-state index contributed by atoms with van der Waals surface area (Å²) in [6.45, 7) is 5.38. The first-order valence-electron chi connectivity index (χ1n) is 6.69. The second kappa shape index (κ2) is 7.47. The fraction of sp³-hybridized carbons (Fsp3) is 0.267. The third-order valence-corrected chi connectivity index (χ3v) is 4.40. The Kier molecular flexibility index (Phi) is 5.63. The van der Waals surface area contributed by atoms with Gasteiger partial charge in [0.05, 0.1) is 5.25 Å². The van der Waals surface area contributed by atoms with Gasteiger partial charge < -0.3 is 0 Å². The zero-order valence-corrected chi connectivity index (χ0v) is 13.7. The van der Waals surface area contributed by atoms with E-state index in [4.69, 9.17) is 11.6 Å². The molecule has 1 aromatic carbocycles. The Hall–Kier alpha value is -1.79. The highest BCUT2D eigenvalue weighted by Gasteiger charge is 2.37. The molecule has 0 bridgehead atoms. The molecular weight excluding hydrogens is 322 g/mol. The van der Waals surface area contributed by atoms with Crippen LogP contribution >= 0.6 is 23.4 Å². The Labute approximate surface area is 138 Å². The van der Waals surface area contributed by atoms with Gasteiger partial charge in [0.25, 0.3) is 0 Å². The zero-order valence-electron chi connectivity index (χ0n) is 12.1. The van der Waals surface area contributed by atoms with Crippen molar-refractivity contribution in [2.45, 2.75) is 18.6 Å². The highest BCUT2D eigenvalue weighted by molar-refractivity contribution is 8.15. The third-order valence-electron chi connectivity index (χ3n) is 2.98. The molecule has 0 aliphatic carbocycles. The van der Waals surface area contributed by atoms with E-state index in [1.807, 2.05) is 12.1 Å². The molecule has 1 aliphatic rings. The third kappa shape index (κ3) is 4.11. The number of hydrogen-bond acceptors (Lipinski definition) is 4. The maximum Gasteiger partial charge on any atom is 0.242 e. The first-order chi connectivity index (χ1) is 10.5. The molecule has 22 heavy (non-hydrogen) atoms. The number of benzene rings is 1. The van der Waals surface area contributed by atoms with Gasteiger partial charge in [0.1, 0.15) is 0 Å². The van der Waals surface area contributed by atoms with Crippen molar-refractivity contribution in [3.63, 3.8) is 0 Å². The normalized spacial score (nSPS) is 19.5. The summed E-state index contributed by atoms with van der Waals surface area (Å²) in [6, 6.07) is 7.40. The molecular formula is C15H16ClN3O2S. The van der Waals surface area contributed by atoms with Crippen molar-refractivity contribution < 1.29 is 9.59 Å². The first-order valence-corrected chi connectivity index (χ1v) is 7.94. The Morgan fingerprint density at radius 1 is 1.50 bits per heavy atom. The van der Waals surface area contributed by atoms with E-state index in [1.54, 1.807) is 18.2 Å². The molecule has 2 amide bonds. The molecule has 1 saturated heterocycles. The molecule has 0 aromatic heterocycles. The van der Waals surface area contributed by atoms with Crippen LogP contribution in [0, 0.1) is 0 Å². The lowest BCUT2D eigenvalue weighted by Crippen LogP contribution is -2.34. The number of rotatable bonds is 5. The number of carbonyl (C=O) groups excluding carboxylic acids is 2. The lowest BCUT2D eigenvalue weighted by molar-refractivity contribution is -0.126. The van der Waals surface area contributed by atoms with E-state index in [2.05, 4.69) is 17.1 Å². The Bertz CT molecular complexity index is 616. The summed E-state index contributed by atoms with van der Waals surface area (Å²) in [7, 11) is 0. The summed E-state index contributed by atoms with van der Waals surface area (Å²) in [6.07, 6.45) is 2.21. The Morgan fingerprint density at radius 2 is 2.18 bits per heavy atom. The van der Waals surface area contributed by atoms with Gasteiger partial charge in [-0.2, -0.15) is 0 Å². The number of nitrogens with one attached hydrogen (secondary N) is 1. The molecule has 1 fully saturated rings. The van der Waals surface area contributed by atoms with Gasteiger partial charge in [-0.15, -0.1) is 11.7 Å². The minimum atomic E-state index is -0.278. The van der Waals surface area contributed by atoms with Crippen LogP contribution in [0.25, 0.3) is 0 Å². The fourth-order valence-corrected chi connectivity index (χ4v) is 3.26. The summed E-state index contributed by atoms with van der Waals surface area (Å²) in [5, 5.41) is 4.87. The van der Waals surface area contributed by atoms with Crippen molar-refractivity contribution in [2.75, 3.05) is 6.54 Å². The maximum atomic E-state index is 12.5. The van der Waals surface area contributed by atoms with Gasteiger partial charge in [-0.25, -0.2) is 5.43 Å². The number of carbonyl (C=O) groups is 2. The van der Waals surface area contributed by atoms with E-state index < -0.39 is 0 Å². The molecule has 5 nitrogen and oxygen atoms in total. The van der Waals surface area contributed by atoms with Crippen LogP contribution in [0.5, 0.6) is 0 Å². The van der Waals surface area contributed by atoms with Crippen LogP contribution in [0.2, 0.25) is 5.02 Å². The van der Waals surface area contributed by atoms with Gasteiger partial charge in [0.2, 0.25) is 11.8 Å². The quantitative estimate of drug-likeness (QED) is 0.663. The van der Waals surface area contributed by atoms with E-state index >= 15 is 0 Å². The minimum absolute atomic E-state index is 0.0380. The van der Waals surface area contributed by atoms with Gasteiger partial charge >= 0.3 is 0 Å². The van der Waals surface area contributed by atoms with Gasteiger partial charge in [0, 0.05) is 18.5 Å². The van der Waals surface area contributed by atoms with Crippen molar-refractivity contribution >= 4 is 40.3 Å². The number of halogens is 1. The number of nitrogens with zero attached hydrogens (tertiary/aromatic N) is 2. The van der Waals surface area contributed by atoms with E-state index in [9.17, 15) is 9.59 Å². The van der Waals surface area contributed by atoms with Crippen LogP contribution in [-0.4, -0.2) is 33.7 Å². The summed E-state index contributed by atoms with van der Waals surface area (Å²) in [5.41, 5.74) is 3.39. The Morgan fingerprint density at radius 3 is 2.77 bits per heavy atom. The zero-order chi connectivity index (χ0) is 16.1. The first kappa shape index (κ1) is 16.6. The largest absolute Gasteiger partial charge is 0.285 e. The molecule has 1 aromatic rings. The summed E-state index contributed by atoms with van der Waals surface area (Å²) in [5.74, 6) is -0.316. The highest BCUT2D eigenvalue weighted by Crippen LogP contribution is 2.29. The van der Waals surface area contributed by atoms with Crippen LogP contribution < -0.4 is 5.43 Å². The van der Waals surface area contributed by atoms with E-state index in [-0.39, 0.29) is 17.1 Å². The molecule has 116 valence electrons. The molecule has 7 heteroatoms. The van der Waals surface area contributed by atoms with E-state index in [1.165, 1.54) is 23.6 Å². The van der Waals surface area contributed by atoms with Gasteiger partial charge in [-0.3, -0.25) is 14.5 Å². The second-order valence-corrected chi connectivity index (χ2v) is 6.34. The topological polar surface area (TPSA) is 61.8 Å². The van der Waals surface area contributed by atoms with Crippen molar-refractivity contribution in [2.24, 2.45) is 5.10 Å². The molecule has 0 unspecified atom stereocenters. The predicted octanol–water partition coefficient (Wildman–Crippen LogP) is 2.42. The van der Waals surface area contributed by atoms with Crippen LogP contribution in [0.15, 0.2) is 42.0 Å². The van der Waals surface area contributed by atoms with E-state index in [0.29, 0.717) is 23.2 Å². The summed E-state index contributed by atoms with van der Waals surface area (Å²) < 4.78 is 0. The Balaban J connectivity index is 2.14. The SMILES string of the molecule is C=CCN1C(=O)[C@H](Cc2ccc(Cl)cc2)S/C1=N\NC(C)=O. The number of amidine groups is 1. The van der Waals surface area contributed by atoms with Gasteiger partial charge in [-0.05, 0) is 24.1 Å². The number of thioether (sulfide) groups is 1. The average molecular weight is 338 g/mol. The predicted molar refractivity (Wildman–Crippen MR) is 89.7 cm³/mol. The molecule has 2 rings (SSSR count). The van der Waals surface area contributed by atoms with Crippen molar-refractivity contribution in [1.29, 1.82) is 0 Å². The smallest absolute Gasteiger partial charge is 0.242 e. The second-order valence-electron chi connectivity index (χ2n) is 4.74. The van der Waals surface area contributed by atoms with Crippen LogP contribution in [0.1, 0.15) is 12.5 Å². The molecule has 1 N–H and O–H groups in total. The van der Waals surface area contributed by atoms with Crippen LogP contribution in [-0.2, 0) is 16.0 Å². The lowest BCUT2D eigenvalue weighted by atomic mass is 10.1. The van der Waals surface area contributed by atoms with Crippen LogP contribution in [0.4, 0.5) is 0 Å². The van der Waals surface area contributed by atoms with Gasteiger partial charge in [-0.1, -0.05) is 41.6 Å². The standard InChI is InChI=1S/C15H16ClN3O2S/c1-3-8-19-14(21)13(22-15(19)18-17-10(2)20)9-11-4-6-12(16)7-5-11/h3-7,13H,1,8-9H2,2H3,(H,17,20)/b18-15-/t13-/m0/s1. The summed E-state index contributed by atoms with van der Waals surface area (Å²) in [4.78, 5) is 25.0. The van der Waals surface area contributed by atoms with E-state index in [0.717, 1.165) is 5.56 Å². The molecule has 1 atom stereocenters. The number of hydrazone groups is 1. The van der Waals surface area contributed by atoms with Crippen LogP contribution in [0.3, 0.4) is 0 Å². The fourth-order valence-electron chi connectivity index (χ4n) is 1.98. The average Bonchev–Trinajstić information content (AvgIpc) is 2.77. The molecule has 0 radical (unpaired) electrons. The van der Waals surface area contributed by atoms with Crippen molar-refractivity contribution in [3.05, 3.63) is 47.5 Å². The van der Waals surface area contributed by atoms with Gasteiger partial charge in [0.15, 0.2) is 5.17 Å². The molecule has 0 spiro atoms. The number of hydrogen-bond donors (Lipinski definition) is 1. The van der Waals surface area contributed by atoms with Crippen molar-refractivity contribution in [1.82, 2.24) is 10.3 Å². The minimum Gasteiger partial charge on any atom is -0.285 e. The molecule has 0 saturated carbocycles. The highest BCUT2D eigenvalue weighted by atomic mass is 35.5. The van der Waals surface area contributed by atoms with Crippen molar-refractivity contribution in [3.8, 4) is 0 Å². The lowest BCUT2D eigenvalue weighted by Gasteiger charge is -2.13. The number of amides is 2. The molecule has 1 heterocycles. The molecule has 1 aliphatic heterocycles. The maximum absolute atomic E-state index is 12.5. The monoisotopic (exact) mass is 337 g/mol.